The number of fused-ring (bicyclic) bond motifs is 3. The number of methoxy groups -OCH3 is 1. The quantitative estimate of drug-likeness (QED) is 0.0882. The van der Waals surface area contributed by atoms with E-state index in [2.05, 4.69) is 16.0 Å². The normalized spacial score (nSPS) is 15.8. The van der Waals surface area contributed by atoms with Crippen molar-refractivity contribution < 1.29 is 57.7 Å². The number of aliphatic hydroxyl groups excluding tert-OH is 1. The average molecular weight is 727 g/mol. The first-order valence-electron chi connectivity index (χ1n) is 17.2. The van der Waals surface area contributed by atoms with Crippen molar-refractivity contribution in [3.8, 4) is 11.1 Å². The highest BCUT2D eigenvalue weighted by Gasteiger charge is 2.35. The number of amides is 5. The number of rotatable bonds is 20. The van der Waals surface area contributed by atoms with Crippen molar-refractivity contribution in [1.29, 1.82) is 0 Å². The van der Waals surface area contributed by atoms with E-state index in [4.69, 9.17) is 28.9 Å². The Morgan fingerprint density at radius 2 is 1.48 bits per heavy atom. The van der Waals surface area contributed by atoms with Gasteiger partial charge in [-0.05, 0) is 66.8 Å². The topological polar surface area (TPSA) is 208 Å². The molecule has 5 amide bonds. The van der Waals surface area contributed by atoms with Crippen LogP contribution in [0.5, 0.6) is 0 Å². The summed E-state index contributed by atoms with van der Waals surface area (Å²) in [6.45, 7) is 4.75. The van der Waals surface area contributed by atoms with Gasteiger partial charge in [-0.2, -0.15) is 0 Å². The Balaban J connectivity index is 1.44. The number of carbonyl (C=O) groups is 6. The van der Waals surface area contributed by atoms with E-state index in [-0.39, 0.29) is 88.6 Å². The van der Waals surface area contributed by atoms with Gasteiger partial charge in [0.25, 0.3) is 17.7 Å². The molecule has 0 aromatic heterocycles. The maximum absolute atomic E-state index is 13.2. The predicted octanol–water partition coefficient (Wildman–Crippen LogP) is 2.42. The molecule has 282 valence electrons. The third-order valence-corrected chi connectivity index (χ3v) is 8.57. The molecule has 1 aliphatic carbocycles. The molecule has 2 aromatic carbocycles. The lowest BCUT2D eigenvalue weighted by atomic mass is 9.96. The fourth-order valence-electron chi connectivity index (χ4n) is 5.70. The molecule has 4 N–H and O–H groups in total. The Kier molecular flexibility index (Phi) is 15.1. The van der Waals surface area contributed by atoms with E-state index < -0.39 is 23.9 Å². The van der Waals surface area contributed by atoms with Crippen LogP contribution < -0.4 is 16.0 Å². The highest BCUT2D eigenvalue weighted by atomic mass is 16.8. The second-order valence-corrected chi connectivity index (χ2v) is 12.3. The van der Waals surface area contributed by atoms with Crippen LogP contribution in [0.2, 0.25) is 0 Å². The number of hydrogen-bond donors (Lipinski definition) is 4. The molecule has 16 heteroatoms. The van der Waals surface area contributed by atoms with Crippen LogP contribution in [-0.2, 0) is 43.0 Å². The van der Waals surface area contributed by atoms with Gasteiger partial charge in [-0.3, -0.25) is 28.8 Å². The van der Waals surface area contributed by atoms with Crippen LogP contribution in [0.15, 0.2) is 36.4 Å². The van der Waals surface area contributed by atoms with Gasteiger partial charge in [-0.25, -0.2) is 4.79 Å². The highest BCUT2D eigenvalue weighted by Crippen LogP contribution is 2.46. The van der Waals surface area contributed by atoms with Crippen LogP contribution in [0.25, 0.3) is 11.1 Å². The van der Waals surface area contributed by atoms with Gasteiger partial charge in [0.1, 0.15) is 6.61 Å². The molecule has 1 heterocycles. The van der Waals surface area contributed by atoms with Crippen LogP contribution >= 0.6 is 0 Å². The molecule has 0 radical (unpaired) electrons. The molecule has 1 aliphatic heterocycles. The zero-order valence-corrected chi connectivity index (χ0v) is 29.6. The van der Waals surface area contributed by atoms with E-state index >= 15 is 0 Å². The van der Waals surface area contributed by atoms with Gasteiger partial charge in [-0.15, -0.1) is 0 Å². The Morgan fingerprint density at radius 3 is 2.17 bits per heavy atom. The number of nitrogens with one attached hydrogen (secondary N) is 3. The zero-order chi connectivity index (χ0) is 37.6. The van der Waals surface area contributed by atoms with Crippen LogP contribution in [-0.4, -0.2) is 111 Å². The van der Waals surface area contributed by atoms with Crippen molar-refractivity contribution in [3.63, 3.8) is 0 Å². The average Bonchev–Trinajstić information content (AvgIpc) is 3.61. The van der Waals surface area contributed by atoms with Crippen LogP contribution in [0, 0.1) is 0 Å². The molecular weight excluding hydrogens is 680 g/mol. The van der Waals surface area contributed by atoms with Crippen molar-refractivity contribution in [1.82, 2.24) is 15.7 Å². The molecule has 3 atom stereocenters. The maximum atomic E-state index is 13.2. The third-order valence-electron chi connectivity index (χ3n) is 8.57. The summed E-state index contributed by atoms with van der Waals surface area (Å²) in [7, 11) is 1.54. The predicted molar refractivity (Wildman–Crippen MR) is 185 cm³/mol. The van der Waals surface area contributed by atoms with Crippen molar-refractivity contribution in [2.45, 2.75) is 64.1 Å². The summed E-state index contributed by atoms with van der Waals surface area (Å²) in [6.07, 6.45) is -1.25. The number of hydrogen-bond acceptors (Lipinski definition) is 12. The Bertz CT molecular complexity index is 1600. The van der Waals surface area contributed by atoms with E-state index in [9.17, 15) is 28.8 Å². The summed E-state index contributed by atoms with van der Waals surface area (Å²) < 4.78 is 21.5. The molecule has 0 saturated carbocycles. The number of ether oxygens (including phenoxy) is 4. The van der Waals surface area contributed by atoms with Crippen LogP contribution in [0.4, 0.5) is 10.5 Å². The molecule has 2 aromatic rings. The summed E-state index contributed by atoms with van der Waals surface area (Å²) in [5.74, 6) is -2.72. The highest BCUT2D eigenvalue weighted by molar-refractivity contribution is 6.01. The van der Waals surface area contributed by atoms with Crippen molar-refractivity contribution in [2.75, 3.05) is 58.6 Å². The Labute approximate surface area is 301 Å². The van der Waals surface area contributed by atoms with Gasteiger partial charge in [0.15, 0.2) is 0 Å². The Morgan fingerprint density at radius 1 is 0.846 bits per heavy atom. The molecular formula is C36H46N4O12. The summed E-state index contributed by atoms with van der Waals surface area (Å²) >= 11 is 0. The molecule has 4 rings (SSSR count). The van der Waals surface area contributed by atoms with Gasteiger partial charge >= 0.3 is 6.16 Å². The lowest BCUT2D eigenvalue weighted by molar-refractivity contribution is -0.177. The van der Waals surface area contributed by atoms with Crippen molar-refractivity contribution in [3.05, 3.63) is 53.1 Å². The largest absolute Gasteiger partial charge is 0.533 e. The van der Waals surface area contributed by atoms with E-state index in [0.29, 0.717) is 47.0 Å². The van der Waals surface area contributed by atoms with E-state index in [1.165, 1.54) is 7.11 Å². The van der Waals surface area contributed by atoms with Crippen molar-refractivity contribution in [2.24, 2.45) is 0 Å². The van der Waals surface area contributed by atoms with Crippen molar-refractivity contribution >= 4 is 41.4 Å². The number of carbonyl (C=O) groups excluding carboxylic acids is 6. The molecule has 0 bridgehead atoms. The minimum atomic E-state index is -1.24. The van der Waals surface area contributed by atoms with Gasteiger partial charge in [0.2, 0.25) is 11.8 Å². The SMILES string of the molecule is COCCNC(=O)CCCC(=O)Nc1ccc2c(c1)C(COC(=O)ON1C(=O)CCC1=O)c1cc(C(=O)NCCOC(C)C(C)OCCO)ccc1-2. The molecule has 1 fully saturated rings. The fourth-order valence-corrected chi connectivity index (χ4v) is 5.70. The first-order chi connectivity index (χ1) is 25.0. The number of anilines is 1. The smallest absolute Gasteiger partial charge is 0.432 e. The summed E-state index contributed by atoms with van der Waals surface area (Å²) in [6, 6.07) is 10.5. The minimum absolute atomic E-state index is 0.0697. The number of imide groups is 1. The molecule has 52 heavy (non-hydrogen) atoms. The van der Waals surface area contributed by atoms with Crippen LogP contribution in [0.1, 0.15) is 73.4 Å². The molecule has 3 unspecified atom stereocenters. The lowest BCUT2D eigenvalue weighted by Crippen LogP contribution is -2.32. The first kappa shape index (κ1) is 39.9. The zero-order valence-electron chi connectivity index (χ0n) is 29.6. The summed E-state index contributed by atoms with van der Waals surface area (Å²) in [5.41, 5.74) is 3.77. The lowest BCUT2D eigenvalue weighted by Gasteiger charge is -2.20. The van der Waals surface area contributed by atoms with Gasteiger partial charge in [0, 0.05) is 63.1 Å². The van der Waals surface area contributed by atoms with Gasteiger partial charge in [0.05, 0.1) is 38.6 Å². The second kappa shape index (κ2) is 19.6. The number of nitrogens with zero attached hydrogens (tertiary/aromatic N) is 1. The molecule has 2 aliphatic rings. The first-order valence-corrected chi connectivity index (χ1v) is 17.2. The number of benzene rings is 2. The molecule has 16 nitrogen and oxygen atoms in total. The van der Waals surface area contributed by atoms with E-state index in [0.717, 1.165) is 11.1 Å². The maximum Gasteiger partial charge on any atom is 0.533 e. The summed E-state index contributed by atoms with van der Waals surface area (Å²) in [5, 5.41) is 17.7. The fraction of sp³-hybridized carbons (Fsp3) is 0.500. The number of hydroxylamine groups is 2. The minimum Gasteiger partial charge on any atom is -0.432 e. The standard InChI is InChI=1S/C36H46N4O12/c1-22(23(2)50-18-15-41)49-17-14-38-35(46)24-7-9-26-27-10-8-25(39-32(43)6-4-5-31(42)37-13-16-48-3)20-29(27)30(28(26)19-24)21-51-36(47)52-40-33(44)11-12-34(40)45/h7-10,19-20,22-23,30,41H,4-6,11-18,21H2,1-3H3,(H,37,42)(H,38,46)(H,39,43). The monoisotopic (exact) mass is 726 g/mol. The second-order valence-electron chi connectivity index (χ2n) is 12.3. The summed E-state index contributed by atoms with van der Waals surface area (Å²) in [4.78, 5) is 79.2. The number of aliphatic hydroxyl groups is 1. The van der Waals surface area contributed by atoms with E-state index in [1.807, 2.05) is 19.9 Å². The van der Waals surface area contributed by atoms with Crippen LogP contribution in [0.3, 0.4) is 0 Å². The molecule has 0 spiro atoms. The van der Waals surface area contributed by atoms with Gasteiger partial charge in [-0.1, -0.05) is 17.2 Å². The Hall–Kier alpha value is -4.90. The molecule has 1 saturated heterocycles. The van der Waals surface area contributed by atoms with Gasteiger partial charge < -0.3 is 40.0 Å². The third kappa shape index (κ3) is 11.0. The van der Waals surface area contributed by atoms with E-state index in [1.54, 1.807) is 30.3 Å².